The van der Waals surface area contributed by atoms with Crippen molar-refractivity contribution in [1.82, 2.24) is 51.5 Å². The van der Waals surface area contributed by atoms with E-state index in [4.69, 9.17) is 0 Å². The van der Waals surface area contributed by atoms with Gasteiger partial charge in [-0.3, -0.25) is 28.8 Å². The summed E-state index contributed by atoms with van der Waals surface area (Å²) < 4.78 is 109. The first-order valence-electron chi connectivity index (χ1n) is 27.9. The van der Waals surface area contributed by atoms with E-state index in [0.29, 0.717) is 25.0 Å². The van der Waals surface area contributed by atoms with Crippen LogP contribution in [0.2, 0.25) is 0 Å². The number of hydrogen-bond donors (Lipinski definition) is 8. The van der Waals surface area contributed by atoms with Crippen LogP contribution < -0.4 is 42.5 Å². The number of halogens is 8. The van der Waals surface area contributed by atoms with Gasteiger partial charge in [0.1, 0.15) is 35.8 Å². The van der Waals surface area contributed by atoms with Crippen LogP contribution in [-0.4, -0.2) is 168 Å². The molecule has 8 N–H and O–H groups in total. The number of fused-ring (bicyclic) bond motifs is 2. The van der Waals surface area contributed by atoms with Crippen molar-refractivity contribution in [2.24, 2.45) is 0 Å². The molecule has 0 radical (unpaired) electrons. The highest BCUT2D eigenvalue weighted by molar-refractivity contribution is 5.97. The van der Waals surface area contributed by atoms with Crippen molar-refractivity contribution in [3.8, 4) is 0 Å². The van der Waals surface area contributed by atoms with E-state index in [-0.39, 0.29) is 87.2 Å². The predicted octanol–water partition coefficient (Wildman–Crippen LogP) is 4.73. The Bertz CT molecular complexity index is 2850. The van der Waals surface area contributed by atoms with Gasteiger partial charge in [-0.15, -0.1) is 0 Å². The Morgan fingerprint density at radius 1 is 0.524 bits per heavy atom. The van der Waals surface area contributed by atoms with Crippen molar-refractivity contribution in [1.29, 1.82) is 0 Å². The minimum atomic E-state index is -4.73. The molecular weight excluding hydrogens is 1120 g/mol. The number of nitrogens with zero attached hydrogens (tertiary/aromatic N) is 4. The average Bonchev–Trinajstić information content (AvgIpc) is 2.09. The molecule has 84 heavy (non-hydrogen) atoms. The van der Waals surface area contributed by atoms with Crippen LogP contribution in [0.1, 0.15) is 99.3 Å². The number of carbonyl (C=O) groups is 8. The molecule has 4 saturated heterocycles. The molecule has 9 rings (SSSR count). The van der Waals surface area contributed by atoms with Crippen molar-refractivity contribution < 1.29 is 73.5 Å². The number of urea groups is 2. The molecule has 4 heterocycles. The topological polar surface area (TPSA) is 246 Å². The van der Waals surface area contributed by atoms with E-state index in [1.54, 1.807) is 27.9 Å². The van der Waals surface area contributed by atoms with Gasteiger partial charge in [-0.1, -0.05) is 12.1 Å². The highest BCUT2D eigenvalue weighted by Gasteiger charge is 2.51. The molecule has 10 amide bonds. The first-order chi connectivity index (χ1) is 39.7. The van der Waals surface area contributed by atoms with Gasteiger partial charge in [0.15, 0.2) is 0 Å². The molecule has 2 saturated carbocycles. The molecular formula is C56H66F8N12O8. The molecule has 0 aromatic heterocycles. The molecule has 6 fully saturated rings. The van der Waals surface area contributed by atoms with Crippen LogP contribution in [-0.2, 0) is 41.1 Å². The van der Waals surface area contributed by atoms with Gasteiger partial charge < -0.3 is 62.1 Å². The molecule has 2 aliphatic carbocycles. The molecule has 1 unspecified atom stereocenters. The maximum atomic E-state index is 14.8. The quantitative estimate of drug-likeness (QED) is 0.103. The van der Waals surface area contributed by atoms with Crippen molar-refractivity contribution in [2.75, 3.05) is 50.9 Å². The molecule has 3 aromatic rings. The van der Waals surface area contributed by atoms with Crippen LogP contribution in [0.3, 0.4) is 0 Å². The zero-order valence-electron chi connectivity index (χ0n) is 46.3. The third-order valence-corrected chi connectivity index (χ3v) is 16.9. The molecule has 454 valence electrons. The minimum Gasteiger partial charge on any atom is -0.351 e. The number of hydrogen-bond acceptors (Lipinski definition) is 10. The van der Waals surface area contributed by atoms with Crippen LogP contribution in [0, 0.1) is 11.6 Å². The summed E-state index contributed by atoms with van der Waals surface area (Å²) >= 11 is 0. The van der Waals surface area contributed by atoms with Gasteiger partial charge >= 0.3 is 24.4 Å². The second kappa shape index (κ2) is 24.5. The summed E-state index contributed by atoms with van der Waals surface area (Å²) in [5, 5.41) is 22.3. The van der Waals surface area contributed by atoms with Crippen molar-refractivity contribution in [2.45, 2.75) is 150 Å². The second-order valence-corrected chi connectivity index (χ2v) is 22.4. The van der Waals surface area contributed by atoms with Crippen LogP contribution in [0.4, 0.5) is 56.1 Å². The van der Waals surface area contributed by atoms with Crippen molar-refractivity contribution >= 4 is 58.9 Å². The van der Waals surface area contributed by atoms with E-state index < -0.39 is 155 Å². The lowest BCUT2D eigenvalue weighted by Gasteiger charge is -2.39. The average molecular weight is 1190 g/mol. The zero-order chi connectivity index (χ0) is 60.7. The molecule has 0 bridgehead atoms. The van der Waals surface area contributed by atoms with Crippen LogP contribution in [0.5, 0.6) is 0 Å². The SMILES string of the molecule is CN[C@@H](C)C(=O)NC1CN(C(=O)Nc2ccc(NC(=O)N3CC[C@H]4CC[C@@H](C(=O)N[C@H]5C[C@@H]5c5ccc(C(F)(F)F)cc5F)N4C(=O)[C@@H](NC(=O)[C@H](C)NC)C3)cc2)CC[C@H]2CC[C@@H](C(=O)N[C@H]3C[C@@H]3c3ccc(C(F)(F)F)cc3F)N2C1=O. The Kier molecular flexibility index (Phi) is 17.8. The molecule has 28 heteroatoms. The number of rotatable bonds is 14. The second-order valence-electron chi connectivity index (χ2n) is 22.4. The number of likely N-dealkylation sites (N-methyl/N-ethyl adjacent to an activating group) is 2. The summed E-state index contributed by atoms with van der Waals surface area (Å²) in [6, 6.07) is 0.983. The summed E-state index contributed by atoms with van der Waals surface area (Å²) in [4.78, 5) is 117. The van der Waals surface area contributed by atoms with Gasteiger partial charge in [0, 0.05) is 60.5 Å². The molecule has 3 aromatic carbocycles. The number of anilines is 2. The fourth-order valence-electron chi connectivity index (χ4n) is 11.7. The molecule has 20 nitrogen and oxygen atoms in total. The van der Waals surface area contributed by atoms with Crippen LogP contribution in [0.25, 0.3) is 0 Å². The third-order valence-electron chi connectivity index (χ3n) is 16.9. The fraction of sp³-hybridized carbons (Fsp3) is 0.536. The smallest absolute Gasteiger partial charge is 0.351 e. The van der Waals surface area contributed by atoms with Gasteiger partial charge in [0.05, 0.1) is 36.3 Å². The standard InChI is InChI=1S/C56H66F8N12O8/c1-27(65-3)47(77)71-43-25-73(19-17-33-11-15-45(75(33)51(43)81)49(79)69-41-23-37(41)35-13-5-29(21-39(35)57)55(59,60)61)53(83)67-31-7-9-32(10-8-31)68-54(84)74-20-18-34-12-16-46(76(34)52(82)44(26-74)72-48(78)28(2)66-4)50(80)70-42-24-38(42)36-14-6-30(22-40(36)58)56(62,63)64/h5-10,13-14,21-22,27-28,33-34,37-38,41-46,65-66H,11-12,15-20,23-26H2,1-4H3,(H,67,83)(H,68,84)(H,69,79)(H,70,80)(H,71,77)(H,72,78)/t27-,28-,33+,34+,37+,38+,41-,42-,43-,44?,45-,46-/m0/s1. The zero-order valence-corrected chi connectivity index (χ0v) is 46.3. The molecule has 4 aliphatic heterocycles. The van der Waals surface area contributed by atoms with Crippen molar-refractivity contribution in [3.05, 3.63) is 94.6 Å². The minimum absolute atomic E-state index is 0.0294. The van der Waals surface area contributed by atoms with E-state index in [0.717, 1.165) is 24.3 Å². The lowest BCUT2D eigenvalue weighted by atomic mass is 10.1. The lowest BCUT2D eigenvalue weighted by Crippen LogP contribution is -2.62. The summed E-state index contributed by atoms with van der Waals surface area (Å²) in [7, 11) is 3.09. The first kappa shape index (κ1) is 61.0. The van der Waals surface area contributed by atoms with E-state index in [1.807, 2.05) is 0 Å². The maximum absolute atomic E-state index is 14.8. The first-order valence-corrected chi connectivity index (χ1v) is 27.9. The summed E-state index contributed by atoms with van der Waals surface area (Å²) in [6.45, 7) is 2.72. The van der Waals surface area contributed by atoms with Gasteiger partial charge in [0.25, 0.3) is 0 Å². The van der Waals surface area contributed by atoms with Crippen LogP contribution in [0.15, 0.2) is 60.7 Å². The van der Waals surface area contributed by atoms with E-state index in [2.05, 4.69) is 42.5 Å². The Hall–Kier alpha value is -7.62. The Labute approximate surface area is 477 Å². The number of carbonyl (C=O) groups excluding carboxylic acids is 8. The maximum Gasteiger partial charge on any atom is 0.416 e. The largest absolute Gasteiger partial charge is 0.416 e. The van der Waals surface area contributed by atoms with Gasteiger partial charge in [-0.25, -0.2) is 18.4 Å². The van der Waals surface area contributed by atoms with E-state index >= 15 is 0 Å². The third kappa shape index (κ3) is 13.5. The number of nitrogens with one attached hydrogen (secondary N) is 8. The Morgan fingerprint density at radius 3 is 1.23 bits per heavy atom. The summed E-state index contributed by atoms with van der Waals surface area (Å²) in [5.41, 5.74) is -1.64. The highest BCUT2D eigenvalue weighted by atomic mass is 19.4. The molecule has 6 aliphatic rings. The van der Waals surface area contributed by atoms with Crippen molar-refractivity contribution in [3.63, 3.8) is 0 Å². The van der Waals surface area contributed by atoms with Gasteiger partial charge in [-0.2, -0.15) is 26.3 Å². The molecule has 0 spiro atoms. The van der Waals surface area contributed by atoms with Gasteiger partial charge in [0.2, 0.25) is 35.4 Å². The Balaban J connectivity index is 0.816. The normalized spacial score (nSPS) is 26.7. The number of alkyl halides is 6. The molecule has 12 atom stereocenters. The summed E-state index contributed by atoms with van der Waals surface area (Å²) in [6.07, 6.45) is -7.23. The van der Waals surface area contributed by atoms with Gasteiger partial charge in [-0.05, 0) is 139 Å². The predicted molar refractivity (Wildman–Crippen MR) is 286 cm³/mol. The van der Waals surface area contributed by atoms with E-state index in [9.17, 15) is 73.5 Å². The number of amides is 10. The van der Waals surface area contributed by atoms with E-state index in [1.165, 1.54) is 43.9 Å². The summed E-state index contributed by atoms with van der Waals surface area (Å²) in [5.74, 6) is -6.65. The highest BCUT2D eigenvalue weighted by Crippen LogP contribution is 2.45. The number of benzene rings is 3. The lowest BCUT2D eigenvalue weighted by molar-refractivity contribution is -0.144. The fourth-order valence-corrected chi connectivity index (χ4v) is 11.7. The van der Waals surface area contributed by atoms with Crippen LogP contribution >= 0.6 is 0 Å². The monoisotopic (exact) mass is 1190 g/mol. The Morgan fingerprint density at radius 2 is 0.893 bits per heavy atom.